The summed E-state index contributed by atoms with van der Waals surface area (Å²) in [5.74, 6) is 3.56. The number of piperidine rings is 2. The van der Waals surface area contributed by atoms with Crippen LogP contribution in [0, 0.1) is 17.8 Å². The van der Waals surface area contributed by atoms with Crippen LogP contribution in [0.2, 0.25) is 0 Å². The maximum absolute atomic E-state index is 4.50. The van der Waals surface area contributed by atoms with Crippen LogP contribution in [0.1, 0.15) is 39.5 Å². The Labute approximate surface area is 131 Å². The average Bonchev–Trinajstić information content (AvgIpc) is 2.44. The highest BCUT2D eigenvalue weighted by molar-refractivity contribution is 5.79. The first kappa shape index (κ1) is 16.6. The van der Waals surface area contributed by atoms with Gasteiger partial charge < -0.3 is 15.1 Å². The van der Waals surface area contributed by atoms with Gasteiger partial charge in [-0.3, -0.25) is 4.99 Å². The second kappa shape index (κ2) is 8.02. The Bertz CT molecular complexity index is 324. The zero-order valence-electron chi connectivity index (χ0n) is 14.4. The van der Waals surface area contributed by atoms with Gasteiger partial charge in [0.05, 0.1) is 0 Å². The highest BCUT2D eigenvalue weighted by Gasteiger charge is 2.24. The SMILES string of the molecule is CN=C(NCCC1CCN(C)CC1)N1CC(C)CC(C)C1. The van der Waals surface area contributed by atoms with Gasteiger partial charge in [0.15, 0.2) is 5.96 Å². The molecule has 0 bridgehead atoms. The van der Waals surface area contributed by atoms with E-state index in [9.17, 15) is 0 Å². The van der Waals surface area contributed by atoms with Gasteiger partial charge in [-0.15, -0.1) is 0 Å². The molecule has 0 amide bonds. The van der Waals surface area contributed by atoms with Crippen LogP contribution in [0.25, 0.3) is 0 Å². The highest BCUT2D eigenvalue weighted by Crippen LogP contribution is 2.21. The van der Waals surface area contributed by atoms with Gasteiger partial charge in [-0.05, 0) is 63.6 Å². The summed E-state index contributed by atoms with van der Waals surface area (Å²) in [5.41, 5.74) is 0. The smallest absolute Gasteiger partial charge is 0.193 e. The van der Waals surface area contributed by atoms with E-state index in [-0.39, 0.29) is 0 Å². The van der Waals surface area contributed by atoms with Crippen LogP contribution in [0.3, 0.4) is 0 Å². The molecule has 0 spiro atoms. The predicted octanol–water partition coefficient (Wildman–Crippen LogP) is 2.27. The summed E-state index contributed by atoms with van der Waals surface area (Å²) in [6.07, 6.45) is 5.35. The molecular weight excluding hydrogens is 260 g/mol. The molecule has 122 valence electrons. The number of likely N-dealkylation sites (tertiary alicyclic amines) is 2. The zero-order valence-corrected chi connectivity index (χ0v) is 14.4. The lowest BCUT2D eigenvalue weighted by molar-refractivity contribution is 0.203. The van der Waals surface area contributed by atoms with Gasteiger partial charge in [0.2, 0.25) is 0 Å². The van der Waals surface area contributed by atoms with Crippen molar-refractivity contribution in [1.29, 1.82) is 0 Å². The van der Waals surface area contributed by atoms with Crippen molar-refractivity contribution in [2.45, 2.75) is 39.5 Å². The minimum Gasteiger partial charge on any atom is -0.356 e. The second-order valence-corrected chi connectivity index (χ2v) is 7.36. The van der Waals surface area contributed by atoms with Crippen molar-refractivity contribution in [3.05, 3.63) is 0 Å². The Balaban J connectivity index is 1.72. The molecule has 2 rings (SSSR count). The normalized spacial score (nSPS) is 29.7. The van der Waals surface area contributed by atoms with Crippen molar-refractivity contribution in [2.75, 3.05) is 46.8 Å². The molecule has 2 aliphatic rings. The maximum Gasteiger partial charge on any atom is 0.193 e. The lowest BCUT2D eigenvalue weighted by Crippen LogP contribution is -2.48. The summed E-state index contributed by atoms with van der Waals surface area (Å²) in [7, 11) is 4.15. The van der Waals surface area contributed by atoms with Crippen molar-refractivity contribution in [1.82, 2.24) is 15.1 Å². The summed E-state index contributed by atoms with van der Waals surface area (Å²) in [6.45, 7) is 10.6. The molecule has 0 aromatic heterocycles. The number of nitrogens with one attached hydrogen (secondary N) is 1. The summed E-state index contributed by atoms with van der Waals surface area (Å²) >= 11 is 0. The molecule has 2 unspecified atom stereocenters. The van der Waals surface area contributed by atoms with Gasteiger partial charge in [-0.1, -0.05) is 13.8 Å². The van der Waals surface area contributed by atoms with Crippen molar-refractivity contribution in [3.63, 3.8) is 0 Å². The van der Waals surface area contributed by atoms with Gasteiger partial charge in [-0.2, -0.15) is 0 Å². The Hall–Kier alpha value is -0.770. The lowest BCUT2D eigenvalue weighted by Gasteiger charge is -2.37. The third kappa shape index (κ3) is 5.17. The molecule has 2 atom stereocenters. The van der Waals surface area contributed by atoms with Gasteiger partial charge in [-0.25, -0.2) is 0 Å². The predicted molar refractivity (Wildman–Crippen MR) is 90.7 cm³/mol. The summed E-state index contributed by atoms with van der Waals surface area (Å²) in [5, 5.41) is 3.60. The second-order valence-electron chi connectivity index (χ2n) is 7.36. The van der Waals surface area contributed by atoms with Gasteiger partial charge in [0.1, 0.15) is 0 Å². The number of guanidine groups is 1. The quantitative estimate of drug-likeness (QED) is 0.640. The molecular formula is C17H34N4. The number of hydrogen-bond acceptors (Lipinski definition) is 2. The van der Waals surface area contributed by atoms with Crippen molar-refractivity contribution in [2.24, 2.45) is 22.7 Å². The molecule has 0 saturated carbocycles. The van der Waals surface area contributed by atoms with Crippen LogP contribution in [0.5, 0.6) is 0 Å². The van der Waals surface area contributed by atoms with E-state index < -0.39 is 0 Å². The van der Waals surface area contributed by atoms with Gasteiger partial charge in [0, 0.05) is 26.7 Å². The lowest BCUT2D eigenvalue weighted by atomic mass is 9.92. The molecule has 4 nitrogen and oxygen atoms in total. The molecule has 0 aliphatic carbocycles. The van der Waals surface area contributed by atoms with Crippen LogP contribution in [0.15, 0.2) is 4.99 Å². The molecule has 21 heavy (non-hydrogen) atoms. The summed E-state index contributed by atoms with van der Waals surface area (Å²) < 4.78 is 0. The Morgan fingerprint density at radius 2 is 1.76 bits per heavy atom. The fourth-order valence-corrected chi connectivity index (χ4v) is 3.91. The third-order valence-electron chi connectivity index (χ3n) is 5.05. The number of aliphatic imine (C=N–C) groups is 1. The van der Waals surface area contributed by atoms with Crippen LogP contribution in [-0.2, 0) is 0 Å². The van der Waals surface area contributed by atoms with Crippen molar-refractivity contribution >= 4 is 5.96 Å². The molecule has 2 heterocycles. The molecule has 2 aliphatic heterocycles. The largest absolute Gasteiger partial charge is 0.356 e. The van der Waals surface area contributed by atoms with E-state index in [4.69, 9.17) is 0 Å². The Morgan fingerprint density at radius 3 is 2.33 bits per heavy atom. The van der Waals surface area contributed by atoms with Crippen LogP contribution in [0.4, 0.5) is 0 Å². The van der Waals surface area contributed by atoms with Crippen LogP contribution in [-0.4, -0.2) is 62.6 Å². The van der Waals surface area contributed by atoms with Gasteiger partial charge in [0.25, 0.3) is 0 Å². The van der Waals surface area contributed by atoms with Crippen LogP contribution < -0.4 is 5.32 Å². The molecule has 0 radical (unpaired) electrons. The van der Waals surface area contributed by atoms with Crippen molar-refractivity contribution in [3.8, 4) is 0 Å². The number of nitrogens with zero attached hydrogens (tertiary/aromatic N) is 3. The first-order valence-corrected chi connectivity index (χ1v) is 8.72. The number of rotatable bonds is 3. The zero-order chi connectivity index (χ0) is 15.2. The van der Waals surface area contributed by atoms with E-state index in [1.54, 1.807) is 0 Å². The third-order valence-corrected chi connectivity index (χ3v) is 5.05. The summed E-state index contributed by atoms with van der Waals surface area (Å²) in [6, 6.07) is 0. The Morgan fingerprint density at radius 1 is 1.14 bits per heavy atom. The topological polar surface area (TPSA) is 30.9 Å². The molecule has 4 heteroatoms. The molecule has 1 N–H and O–H groups in total. The standard InChI is InChI=1S/C17H34N4/c1-14-11-15(2)13-21(12-14)17(18-3)19-8-5-16-6-9-20(4)10-7-16/h14-16H,5-13H2,1-4H3,(H,18,19). The minimum absolute atomic E-state index is 0.779. The molecule has 2 fully saturated rings. The van der Waals surface area contributed by atoms with Crippen LogP contribution >= 0.6 is 0 Å². The summed E-state index contributed by atoms with van der Waals surface area (Å²) in [4.78, 5) is 9.39. The van der Waals surface area contributed by atoms with E-state index in [1.165, 1.54) is 38.8 Å². The molecule has 2 saturated heterocycles. The Kier molecular flexibility index (Phi) is 6.34. The highest BCUT2D eigenvalue weighted by atomic mass is 15.3. The first-order chi connectivity index (χ1) is 10.1. The van der Waals surface area contributed by atoms with Crippen molar-refractivity contribution < 1.29 is 0 Å². The fraction of sp³-hybridized carbons (Fsp3) is 0.941. The van der Waals surface area contributed by atoms with E-state index >= 15 is 0 Å². The van der Waals surface area contributed by atoms with E-state index in [2.05, 4.69) is 41.0 Å². The first-order valence-electron chi connectivity index (χ1n) is 8.72. The van der Waals surface area contributed by atoms with Gasteiger partial charge >= 0.3 is 0 Å². The van der Waals surface area contributed by atoms with E-state index in [0.29, 0.717) is 0 Å². The molecule has 0 aromatic rings. The fourth-order valence-electron chi connectivity index (χ4n) is 3.91. The minimum atomic E-state index is 0.779. The number of hydrogen-bond donors (Lipinski definition) is 1. The average molecular weight is 294 g/mol. The van der Waals surface area contributed by atoms with E-state index in [1.807, 2.05) is 7.05 Å². The molecule has 0 aromatic carbocycles. The monoisotopic (exact) mass is 294 g/mol. The van der Waals surface area contributed by atoms with E-state index in [0.717, 1.165) is 43.3 Å². The maximum atomic E-state index is 4.50.